The molecule has 4 aromatic rings. The summed E-state index contributed by atoms with van der Waals surface area (Å²) in [4.78, 5) is 17.2. The number of nitrogens with zero attached hydrogens (tertiary/aromatic N) is 5. The van der Waals surface area contributed by atoms with E-state index in [1.807, 2.05) is 17.8 Å². The van der Waals surface area contributed by atoms with Crippen molar-refractivity contribution in [3.05, 3.63) is 49.1 Å². The first kappa shape index (κ1) is 18.6. The first-order chi connectivity index (χ1) is 14.1. The molecule has 0 unspecified atom stereocenters. The van der Waals surface area contributed by atoms with E-state index in [0.717, 1.165) is 0 Å². The number of aromatic nitrogens is 5. The first-order valence-electron chi connectivity index (χ1n) is 8.88. The van der Waals surface area contributed by atoms with Gasteiger partial charge in [0.05, 0.1) is 18.3 Å². The van der Waals surface area contributed by atoms with Gasteiger partial charge >= 0.3 is 6.01 Å². The van der Waals surface area contributed by atoms with Crippen LogP contribution < -0.4 is 9.47 Å². The van der Waals surface area contributed by atoms with Crippen LogP contribution in [0.15, 0.2) is 49.1 Å². The number of ether oxygens (including phenoxy) is 3. The number of benzene rings is 1. The number of rotatable bonds is 7. The maximum atomic E-state index is 10.4. The molecule has 0 fully saturated rings. The molecular weight excluding hydrogens is 374 g/mol. The van der Waals surface area contributed by atoms with Gasteiger partial charge in [-0.15, -0.1) is 0 Å². The maximum Gasteiger partial charge on any atom is 0.325 e. The molecule has 3 aromatic heterocycles. The van der Waals surface area contributed by atoms with Crippen LogP contribution in [-0.4, -0.2) is 49.9 Å². The van der Waals surface area contributed by atoms with Gasteiger partial charge in [0.15, 0.2) is 0 Å². The Kier molecular flexibility index (Phi) is 5.21. The van der Waals surface area contributed by atoms with Gasteiger partial charge in [0.25, 0.3) is 0 Å². The number of methoxy groups -OCH3 is 1. The third kappa shape index (κ3) is 4.09. The Morgan fingerprint density at radius 2 is 1.79 bits per heavy atom. The van der Waals surface area contributed by atoms with Crippen molar-refractivity contribution >= 4 is 10.9 Å². The van der Waals surface area contributed by atoms with Gasteiger partial charge in [-0.05, 0) is 30.3 Å². The zero-order valence-electron chi connectivity index (χ0n) is 15.9. The van der Waals surface area contributed by atoms with Crippen LogP contribution in [0.5, 0.6) is 23.4 Å². The van der Waals surface area contributed by atoms with E-state index in [-0.39, 0.29) is 11.9 Å². The minimum atomic E-state index is -0.191. The second kappa shape index (κ2) is 8.11. The van der Waals surface area contributed by atoms with Crippen LogP contribution in [0.3, 0.4) is 0 Å². The van der Waals surface area contributed by atoms with Crippen LogP contribution in [0, 0.1) is 0 Å². The third-order valence-electron chi connectivity index (χ3n) is 4.11. The monoisotopic (exact) mass is 393 g/mol. The Morgan fingerprint density at radius 1 is 1.00 bits per heavy atom. The van der Waals surface area contributed by atoms with Gasteiger partial charge < -0.3 is 23.9 Å². The SMILES string of the molecule is COCCOc1ccc(Oc2nc(O)c3ccnc(-c4cn(C)cn4)c3n2)cc1. The van der Waals surface area contributed by atoms with Crippen LogP contribution in [0.25, 0.3) is 22.3 Å². The highest BCUT2D eigenvalue weighted by Gasteiger charge is 2.15. The molecule has 0 saturated carbocycles. The normalized spacial score (nSPS) is 11.0. The summed E-state index contributed by atoms with van der Waals surface area (Å²) in [6.45, 7) is 0.969. The lowest BCUT2D eigenvalue weighted by Gasteiger charge is -2.09. The number of fused-ring (bicyclic) bond motifs is 1. The van der Waals surface area contributed by atoms with Crippen molar-refractivity contribution in [1.82, 2.24) is 24.5 Å². The summed E-state index contributed by atoms with van der Waals surface area (Å²) in [5, 5.41) is 10.8. The van der Waals surface area contributed by atoms with Crippen molar-refractivity contribution in [2.24, 2.45) is 7.05 Å². The van der Waals surface area contributed by atoms with E-state index in [2.05, 4.69) is 19.9 Å². The van der Waals surface area contributed by atoms with Gasteiger partial charge in [-0.25, -0.2) is 4.98 Å². The van der Waals surface area contributed by atoms with Crippen LogP contribution in [0.1, 0.15) is 0 Å². The summed E-state index contributed by atoms with van der Waals surface area (Å²) in [7, 11) is 3.49. The van der Waals surface area contributed by atoms with E-state index < -0.39 is 0 Å². The largest absolute Gasteiger partial charge is 0.493 e. The number of aryl methyl sites for hydroxylation is 1. The van der Waals surface area contributed by atoms with Crippen molar-refractivity contribution in [3.63, 3.8) is 0 Å². The zero-order chi connectivity index (χ0) is 20.2. The number of hydrogen-bond acceptors (Lipinski definition) is 8. The topological polar surface area (TPSA) is 104 Å². The fourth-order valence-electron chi connectivity index (χ4n) is 2.74. The zero-order valence-corrected chi connectivity index (χ0v) is 15.9. The molecule has 0 aliphatic heterocycles. The Labute approximate surface area is 166 Å². The molecule has 0 bridgehead atoms. The molecule has 4 rings (SSSR count). The standard InChI is InChI=1S/C20H19N5O4/c1-25-11-16(22-12-25)18-17-15(7-8-21-18)19(26)24-20(23-17)29-14-5-3-13(4-6-14)28-10-9-27-2/h3-8,11-12H,9-10H2,1-2H3,(H,23,24,26). The fourth-order valence-corrected chi connectivity index (χ4v) is 2.74. The minimum absolute atomic E-state index is 0.00762. The Balaban J connectivity index is 1.63. The molecule has 29 heavy (non-hydrogen) atoms. The molecule has 0 radical (unpaired) electrons. The molecule has 9 heteroatoms. The summed E-state index contributed by atoms with van der Waals surface area (Å²) >= 11 is 0. The first-order valence-corrected chi connectivity index (χ1v) is 8.88. The minimum Gasteiger partial charge on any atom is -0.493 e. The van der Waals surface area contributed by atoms with Gasteiger partial charge in [0, 0.05) is 26.6 Å². The highest BCUT2D eigenvalue weighted by molar-refractivity contribution is 5.93. The van der Waals surface area contributed by atoms with E-state index in [0.29, 0.717) is 47.0 Å². The second-order valence-electron chi connectivity index (χ2n) is 6.22. The van der Waals surface area contributed by atoms with Crippen molar-refractivity contribution in [3.8, 4) is 34.8 Å². The maximum absolute atomic E-state index is 10.4. The van der Waals surface area contributed by atoms with Gasteiger partial charge in [-0.3, -0.25) is 4.98 Å². The molecule has 0 spiro atoms. The van der Waals surface area contributed by atoms with Gasteiger partial charge in [0.2, 0.25) is 5.88 Å². The molecule has 0 amide bonds. The van der Waals surface area contributed by atoms with Crippen molar-refractivity contribution in [1.29, 1.82) is 0 Å². The van der Waals surface area contributed by atoms with Gasteiger partial charge in [-0.1, -0.05) is 0 Å². The van der Waals surface area contributed by atoms with Crippen LogP contribution in [0.2, 0.25) is 0 Å². The van der Waals surface area contributed by atoms with Crippen molar-refractivity contribution in [2.75, 3.05) is 20.3 Å². The predicted octanol–water partition coefficient (Wildman–Crippen LogP) is 2.95. The Morgan fingerprint density at radius 3 is 2.52 bits per heavy atom. The summed E-state index contributed by atoms with van der Waals surface area (Å²) < 4.78 is 18.0. The average molecular weight is 393 g/mol. The Hall–Kier alpha value is -3.72. The molecular formula is C20H19N5O4. The van der Waals surface area contributed by atoms with E-state index in [1.54, 1.807) is 50.0 Å². The molecule has 1 N–H and O–H groups in total. The second-order valence-corrected chi connectivity index (χ2v) is 6.22. The quantitative estimate of drug-likeness (QED) is 0.478. The van der Waals surface area contributed by atoms with E-state index in [9.17, 15) is 5.11 Å². The average Bonchev–Trinajstić information content (AvgIpc) is 3.15. The molecule has 0 aliphatic rings. The van der Waals surface area contributed by atoms with Crippen LogP contribution in [-0.2, 0) is 11.8 Å². The lowest BCUT2D eigenvalue weighted by atomic mass is 10.2. The molecule has 3 heterocycles. The molecule has 1 aromatic carbocycles. The van der Waals surface area contributed by atoms with E-state index in [1.165, 1.54) is 0 Å². The predicted molar refractivity (Wildman–Crippen MR) is 105 cm³/mol. The summed E-state index contributed by atoms with van der Waals surface area (Å²) in [6, 6.07) is 8.66. The van der Waals surface area contributed by atoms with Crippen LogP contribution >= 0.6 is 0 Å². The lowest BCUT2D eigenvalue weighted by molar-refractivity contribution is 0.146. The van der Waals surface area contributed by atoms with Crippen molar-refractivity contribution < 1.29 is 19.3 Å². The lowest BCUT2D eigenvalue weighted by Crippen LogP contribution is -2.04. The highest BCUT2D eigenvalue weighted by atomic mass is 16.5. The third-order valence-corrected chi connectivity index (χ3v) is 4.11. The summed E-state index contributed by atoms with van der Waals surface area (Å²) in [5.41, 5.74) is 1.63. The Bertz CT molecular complexity index is 1130. The molecule has 148 valence electrons. The van der Waals surface area contributed by atoms with Crippen LogP contribution in [0.4, 0.5) is 0 Å². The number of pyridine rings is 1. The molecule has 0 aliphatic carbocycles. The molecule has 0 atom stereocenters. The number of imidazole rings is 1. The summed E-state index contributed by atoms with van der Waals surface area (Å²) in [6.07, 6.45) is 5.08. The summed E-state index contributed by atoms with van der Waals surface area (Å²) in [5.74, 6) is 1.01. The molecule has 9 nitrogen and oxygen atoms in total. The highest BCUT2D eigenvalue weighted by Crippen LogP contribution is 2.31. The van der Waals surface area contributed by atoms with E-state index in [4.69, 9.17) is 14.2 Å². The number of aromatic hydroxyl groups is 1. The number of hydrogen-bond donors (Lipinski definition) is 1. The fraction of sp³-hybridized carbons (Fsp3) is 0.200. The van der Waals surface area contributed by atoms with Crippen molar-refractivity contribution in [2.45, 2.75) is 0 Å². The van der Waals surface area contributed by atoms with Gasteiger partial charge in [-0.2, -0.15) is 9.97 Å². The van der Waals surface area contributed by atoms with E-state index >= 15 is 0 Å². The smallest absolute Gasteiger partial charge is 0.325 e. The van der Waals surface area contributed by atoms with Gasteiger partial charge in [0.1, 0.15) is 35.0 Å². The molecule has 0 saturated heterocycles.